The van der Waals surface area contributed by atoms with Gasteiger partial charge in [-0.3, -0.25) is 4.99 Å². The molecule has 0 N–H and O–H groups in total. The Labute approximate surface area is 110 Å². The molecule has 0 saturated carbocycles. The van der Waals surface area contributed by atoms with Gasteiger partial charge in [-0.15, -0.1) is 0 Å². The molecule has 0 aromatic heterocycles. The van der Waals surface area contributed by atoms with Gasteiger partial charge in [-0.25, -0.2) is 0 Å². The maximum absolute atomic E-state index is 6.28. The Bertz CT molecular complexity index is 726. The van der Waals surface area contributed by atoms with Crippen LogP contribution in [0.15, 0.2) is 47.5 Å². The Balaban J connectivity index is 1.99. The van der Waals surface area contributed by atoms with E-state index < -0.39 is 0 Å². The second-order valence-corrected chi connectivity index (χ2v) is 5.03. The third-order valence-corrected chi connectivity index (χ3v) is 3.88. The first-order chi connectivity index (χ1) is 8.83. The molecule has 4 rings (SSSR count). The molecule has 0 spiro atoms. The minimum atomic E-state index is 0.823. The van der Waals surface area contributed by atoms with Crippen LogP contribution in [0, 0.1) is 0 Å². The van der Waals surface area contributed by atoms with Crippen molar-refractivity contribution in [2.24, 2.45) is 4.99 Å². The fourth-order valence-electron chi connectivity index (χ4n) is 2.68. The third kappa shape index (κ3) is 1.31. The number of allylic oxidation sites excluding steroid dienone is 1. The first-order valence-electron chi connectivity index (χ1n) is 5.99. The number of nitrogens with zero attached hydrogens (tertiary/aromatic N) is 1. The van der Waals surface area contributed by atoms with E-state index >= 15 is 0 Å². The Morgan fingerprint density at radius 3 is 2.83 bits per heavy atom. The molecule has 0 radical (unpaired) electrons. The van der Waals surface area contributed by atoms with Crippen LogP contribution in [0.4, 0.5) is 5.69 Å². The SMILES string of the molecule is Clc1cccc2c1C=C1C(=Nc3ccccc31)C2. The molecule has 86 valence electrons. The first-order valence-corrected chi connectivity index (χ1v) is 6.37. The summed E-state index contributed by atoms with van der Waals surface area (Å²) in [6.45, 7) is 0. The Kier molecular flexibility index (Phi) is 2.00. The summed E-state index contributed by atoms with van der Waals surface area (Å²) in [4.78, 5) is 4.71. The molecule has 0 saturated heterocycles. The summed E-state index contributed by atoms with van der Waals surface area (Å²) < 4.78 is 0. The fourth-order valence-corrected chi connectivity index (χ4v) is 2.93. The van der Waals surface area contributed by atoms with Gasteiger partial charge in [-0.05, 0) is 29.3 Å². The van der Waals surface area contributed by atoms with Crippen LogP contribution in [0.1, 0.15) is 16.7 Å². The second-order valence-electron chi connectivity index (χ2n) is 4.62. The van der Waals surface area contributed by atoms with Crippen molar-refractivity contribution >= 4 is 34.6 Å². The van der Waals surface area contributed by atoms with Crippen molar-refractivity contribution in [1.29, 1.82) is 0 Å². The molecular formula is C16H10ClN. The van der Waals surface area contributed by atoms with E-state index in [2.05, 4.69) is 30.3 Å². The highest BCUT2D eigenvalue weighted by molar-refractivity contribution is 6.37. The molecule has 1 heterocycles. The minimum Gasteiger partial charge on any atom is -0.252 e. The fraction of sp³-hybridized carbons (Fsp3) is 0.0625. The normalized spacial score (nSPS) is 15.4. The van der Waals surface area contributed by atoms with E-state index in [4.69, 9.17) is 16.6 Å². The predicted octanol–water partition coefficient (Wildman–Crippen LogP) is 4.52. The van der Waals surface area contributed by atoms with Crippen LogP contribution in [0.2, 0.25) is 5.02 Å². The molecule has 1 aliphatic heterocycles. The molecule has 0 fully saturated rings. The van der Waals surface area contributed by atoms with E-state index in [0.717, 1.165) is 28.4 Å². The number of hydrogen-bond acceptors (Lipinski definition) is 1. The van der Waals surface area contributed by atoms with Gasteiger partial charge in [0.25, 0.3) is 0 Å². The van der Waals surface area contributed by atoms with Gasteiger partial charge in [0.05, 0.1) is 11.4 Å². The van der Waals surface area contributed by atoms with Crippen molar-refractivity contribution in [3.63, 3.8) is 0 Å². The Morgan fingerprint density at radius 2 is 1.89 bits per heavy atom. The minimum absolute atomic E-state index is 0.823. The largest absolute Gasteiger partial charge is 0.252 e. The van der Waals surface area contributed by atoms with E-state index in [9.17, 15) is 0 Å². The van der Waals surface area contributed by atoms with Crippen molar-refractivity contribution in [2.75, 3.05) is 0 Å². The summed E-state index contributed by atoms with van der Waals surface area (Å²) in [5.74, 6) is 0. The van der Waals surface area contributed by atoms with Gasteiger partial charge in [0.1, 0.15) is 0 Å². The topological polar surface area (TPSA) is 12.4 Å². The van der Waals surface area contributed by atoms with Crippen molar-refractivity contribution in [3.8, 4) is 0 Å². The lowest BCUT2D eigenvalue weighted by Gasteiger charge is -2.16. The smallest absolute Gasteiger partial charge is 0.0712 e. The zero-order valence-corrected chi connectivity index (χ0v) is 10.4. The molecule has 0 unspecified atom stereocenters. The van der Waals surface area contributed by atoms with Gasteiger partial charge < -0.3 is 0 Å². The molecule has 1 nitrogen and oxygen atoms in total. The monoisotopic (exact) mass is 251 g/mol. The quantitative estimate of drug-likeness (QED) is 0.653. The lowest BCUT2D eigenvalue weighted by Crippen LogP contribution is -2.08. The Hall–Kier alpha value is -1.86. The van der Waals surface area contributed by atoms with Gasteiger partial charge in [-0.1, -0.05) is 41.9 Å². The molecule has 0 bridgehead atoms. The van der Waals surface area contributed by atoms with Crippen LogP contribution in [0.25, 0.3) is 11.6 Å². The van der Waals surface area contributed by atoms with Crippen molar-refractivity contribution in [1.82, 2.24) is 0 Å². The summed E-state index contributed by atoms with van der Waals surface area (Å²) in [6.07, 6.45) is 3.04. The molecule has 2 aromatic rings. The van der Waals surface area contributed by atoms with E-state index in [1.807, 2.05) is 18.2 Å². The maximum Gasteiger partial charge on any atom is 0.0712 e. The molecule has 18 heavy (non-hydrogen) atoms. The number of benzene rings is 2. The molecule has 2 aromatic carbocycles. The molecule has 2 aliphatic rings. The summed E-state index contributed by atoms with van der Waals surface area (Å²) in [6, 6.07) is 14.3. The van der Waals surface area contributed by atoms with Crippen LogP contribution >= 0.6 is 11.6 Å². The van der Waals surface area contributed by atoms with Crippen LogP contribution in [0.5, 0.6) is 0 Å². The second kappa shape index (κ2) is 3.56. The predicted molar refractivity (Wildman–Crippen MR) is 76.6 cm³/mol. The van der Waals surface area contributed by atoms with E-state index in [0.29, 0.717) is 0 Å². The highest BCUT2D eigenvalue weighted by Crippen LogP contribution is 2.41. The van der Waals surface area contributed by atoms with E-state index in [-0.39, 0.29) is 0 Å². The number of halogens is 1. The zero-order valence-electron chi connectivity index (χ0n) is 9.65. The summed E-state index contributed by atoms with van der Waals surface area (Å²) in [7, 11) is 0. The van der Waals surface area contributed by atoms with Gasteiger partial charge >= 0.3 is 0 Å². The number of aliphatic imine (C=N–C) groups is 1. The average Bonchev–Trinajstić information content (AvgIpc) is 2.75. The van der Waals surface area contributed by atoms with Crippen molar-refractivity contribution < 1.29 is 0 Å². The molecule has 0 atom stereocenters. The number of rotatable bonds is 0. The van der Waals surface area contributed by atoms with Crippen LogP contribution in [-0.4, -0.2) is 5.71 Å². The van der Waals surface area contributed by atoms with Gasteiger partial charge in [0.15, 0.2) is 0 Å². The third-order valence-electron chi connectivity index (χ3n) is 3.55. The van der Waals surface area contributed by atoms with E-state index in [1.165, 1.54) is 16.7 Å². The van der Waals surface area contributed by atoms with Gasteiger partial charge in [-0.2, -0.15) is 0 Å². The summed E-state index contributed by atoms with van der Waals surface area (Å²) in [5, 5.41) is 0.823. The molecule has 2 heteroatoms. The molecule has 1 aliphatic carbocycles. The summed E-state index contributed by atoms with van der Waals surface area (Å²) >= 11 is 6.28. The van der Waals surface area contributed by atoms with Gasteiger partial charge in [0.2, 0.25) is 0 Å². The molecule has 0 amide bonds. The van der Waals surface area contributed by atoms with Crippen LogP contribution < -0.4 is 0 Å². The standard InChI is InChI=1S/C16H10ClN/c17-14-6-3-4-10-8-16-13(9-12(10)14)11-5-1-2-7-15(11)18-16/h1-7,9H,8H2. The van der Waals surface area contributed by atoms with Crippen molar-refractivity contribution in [2.45, 2.75) is 6.42 Å². The Morgan fingerprint density at radius 1 is 1.00 bits per heavy atom. The average molecular weight is 252 g/mol. The van der Waals surface area contributed by atoms with Crippen LogP contribution in [-0.2, 0) is 6.42 Å². The lowest BCUT2D eigenvalue weighted by atomic mass is 9.88. The van der Waals surface area contributed by atoms with Crippen LogP contribution in [0.3, 0.4) is 0 Å². The number of para-hydroxylation sites is 1. The van der Waals surface area contributed by atoms with E-state index in [1.54, 1.807) is 0 Å². The highest BCUT2D eigenvalue weighted by Gasteiger charge is 2.25. The van der Waals surface area contributed by atoms with Gasteiger partial charge in [0, 0.05) is 22.6 Å². The zero-order chi connectivity index (χ0) is 12.1. The number of fused-ring (bicyclic) bond motifs is 4. The van der Waals surface area contributed by atoms with Crippen molar-refractivity contribution in [3.05, 3.63) is 64.2 Å². The molecular weight excluding hydrogens is 242 g/mol. The highest BCUT2D eigenvalue weighted by atomic mass is 35.5. The maximum atomic E-state index is 6.28. The first kappa shape index (κ1) is 10.1. The lowest BCUT2D eigenvalue weighted by molar-refractivity contribution is 1.31. The number of hydrogen-bond donors (Lipinski definition) is 0. The summed E-state index contributed by atoms with van der Waals surface area (Å²) in [5.41, 5.74) is 7.08.